The molecule has 0 spiro atoms. The van der Waals surface area contributed by atoms with E-state index in [1.54, 1.807) is 0 Å². The molecule has 2 heterocycles. The number of benzene rings is 2. The number of hydrogen-bond acceptors (Lipinski definition) is 6. The fourth-order valence-corrected chi connectivity index (χ4v) is 3.36. The summed E-state index contributed by atoms with van der Waals surface area (Å²) in [4.78, 5) is 16.1. The molecule has 0 bridgehead atoms. The van der Waals surface area contributed by atoms with Crippen LogP contribution in [-0.2, 0) is 18.1 Å². The summed E-state index contributed by atoms with van der Waals surface area (Å²) in [6.07, 6.45) is 1.79. The van der Waals surface area contributed by atoms with Crippen LogP contribution in [0.1, 0.15) is 27.2 Å². The molecule has 1 unspecified atom stereocenters. The second-order valence-electron chi connectivity index (χ2n) is 7.33. The Morgan fingerprint density at radius 2 is 1.62 bits per heavy atom. The maximum Gasteiger partial charge on any atom is 0.323 e. The lowest BCUT2D eigenvalue weighted by atomic mass is 9.84. The number of ketones is 1. The highest BCUT2D eigenvalue weighted by molar-refractivity contribution is 6.08. The van der Waals surface area contributed by atoms with Crippen molar-refractivity contribution in [2.75, 3.05) is 0 Å². The minimum absolute atomic E-state index is 0.0804. The van der Waals surface area contributed by atoms with Gasteiger partial charge in [0.15, 0.2) is 11.4 Å². The molecular weight excluding hydrogens is 461 g/mol. The first-order valence-corrected chi connectivity index (χ1v) is 9.65. The molecule has 1 atom stereocenters. The van der Waals surface area contributed by atoms with Gasteiger partial charge in [-0.25, -0.2) is 17.9 Å². The van der Waals surface area contributed by atoms with Crippen LogP contribution in [0.3, 0.4) is 0 Å². The number of rotatable bonds is 7. The Labute approximate surface area is 188 Å². The second kappa shape index (κ2) is 8.71. The van der Waals surface area contributed by atoms with E-state index in [-0.39, 0.29) is 11.1 Å². The fourth-order valence-electron chi connectivity index (χ4n) is 3.36. The van der Waals surface area contributed by atoms with Crippen molar-refractivity contribution in [3.05, 3.63) is 107 Å². The van der Waals surface area contributed by atoms with Gasteiger partial charge in [-0.3, -0.25) is 9.78 Å². The maximum atomic E-state index is 15.7. The van der Waals surface area contributed by atoms with Gasteiger partial charge in [-0.2, -0.15) is 8.78 Å². The first-order valence-electron chi connectivity index (χ1n) is 9.65. The van der Waals surface area contributed by atoms with Gasteiger partial charge in [-0.1, -0.05) is 0 Å². The Balaban J connectivity index is 1.74. The molecule has 0 radical (unpaired) electrons. The van der Waals surface area contributed by atoms with E-state index in [1.807, 2.05) is 0 Å². The number of carbonyl (C=O) groups excluding carboxylic acids is 1. The van der Waals surface area contributed by atoms with E-state index in [0.29, 0.717) is 12.1 Å². The third kappa shape index (κ3) is 4.15. The van der Waals surface area contributed by atoms with E-state index in [1.165, 1.54) is 12.1 Å². The molecule has 0 aliphatic carbocycles. The number of hydrogen-bond donors (Lipinski definition) is 1. The molecule has 4 rings (SSSR count). The molecule has 12 heteroatoms. The molecule has 2 aromatic heterocycles. The largest absolute Gasteiger partial charge is 0.377 e. The summed E-state index contributed by atoms with van der Waals surface area (Å²) in [6, 6.07) is 8.19. The Bertz CT molecular complexity index is 1310. The lowest BCUT2D eigenvalue weighted by Gasteiger charge is -2.35. The molecule has 7 nitrogen and oxygen atoms in total. The average molecular weight is 475 g/mol. The van der Waals surface area contributed by atoms with Crippen LogP contribution in [0, 0.1) is 17.5 Å². The maximum absolute atomic E-state index is 15.7. The van der Waals surface area contributed by atoms with Gasteiger partial charge in [-0.05, 0) is 59.0 Å². The molecule has 0 amide bonds. The summed E-state index contributed by atoms with van der Waals surface area (Å²) >= 11 is 0. The average Bonchev–Trinajstić information content (AvgIpc) is 3.32. The molecule has 0 aliphatic rings. The smallest absolute Gasteiger partial charge is 0.323 e. The van der Waals surface area contributed by atoms with Gasteiger partial charge in [0.25, 0.3) is 0 Å². The van der Waals surface area contributed by atoms with Gasteiger partial charge < -0.3 is 5.11 Å². The minimum Gasteiger partial charge on any atom is -0.377 e. The van der Waals surface area contributed by atoms with Crippen molar-refractivity contribution in [1.82, 2.24) is 25.2 Å². The predicted molar refractivity (Wildman–Crippen MR) is 106 cm³/mol. The summed E-state index contributed by atoms with van der Waals surface area (Å²) in [5.41, 5.74) is -5.19. The number of nitrogens with zero attached hydrogens (tertiary/aromatic N) is 5. The van der Waals surface area contributed by atoms with E-state index in [4.69, 9.17) is 0 Å². The van der Waals surface area contributed by atoms with Gasteiger partial charge >= 0.3 is 5.92 Å². The van der Waals surface area contributed by atoms with Crippen LogP contribution in [-0.4, -0.2) is 36.1 Å². The first kappa shape index (κ1) is 23.1. The van der Waals surface area contributed by atoms with Gasteiger partial charge in [0.1, 0.15) is 29.5 Å². The van der Waals surface area contributed by atoms with Crippen molar-refractivity contribution in [2.24, 2.45) is 0 Å². The predicted octanol–water partition coefficient (Wildman–Crippen LogP) is 3.40. The highest BCUT2D eigenvalue weighted by Crippen LogP contribution is 2.46. The lowest BCUT2D eigenvalue weighted by molar-refractivity contribution is -0.207. The number of pyridine rings is 1. The zero-order valence-corrected chi connectivity index (χ0v) is 17.0. The van der Waals surface area contributed by atoms with Crippen LogP contribution in [0.25, 0.3) is 0 Å². The van der Waals surface area contributed by atoms with Crippen LogP contribution in [0.5, 0.6) is 0 Å². The topological polar surface area (TPSA) is 93.8 Å². The van der Waals surface area contributed by atoms with E-state index >= 15 is 8.78 Å². The van der Waals surface area contributed by atoms with Crippen LogP contribution in [0.15, 0.2) is 67.1 Å². The van der Waals surface area contributed by atoms with Crippen molar-refractivity contribution in [2.45, 2.75) is 18.1 Å². The Kier molecular flexibility index (Phi) is 5.92. The summed E-state index contributed by atoms with van der Waals surface area (Å²) in [7, 11) is 0. The summed E-state index contributed by atoms with van der Waals surface area (Å²) < 4.78 is 73.1. The van der Waals surface area contributed by atoms with Crippen LogP contribution in [0.4, 0.5) is 22.0 Å². The number of tetrazole rings is 1. The highest BCUT2D eigenvalue weighted by Gasteiger charge is 2.58. The third-order valence-corrected chi connectivity index (χ3v) is 5.13. The van der Waals surface area contributed by atoms with Gasteiger partial charge in [-0.15, -0.1) is 5.10 Å². The molecule has 0 saturated heterocycles. The van der Waals surface area contributed by atoms with Gasteiger partial charge in [0.2, 0.25) is 0 Å². The van der Waals surface area contributed by atoms with E-state index in [9.17, 15) is 23.1 Å². The SMILES string of the molecule is O=C(c1ccc(F)cc1)c1ccc(C(F)(F)C(O)(Cn2cnnn2)c2ccc(F)cc2F)nc1. The first-order chi connectivity index (χ1) is 16.1. The molecule has 0 aliphatic heterocycles. The fraction of sp³-hybridized carbons (Fsp3) is 0.136. The van der Waals surface area contributed by atoms with E-state index in [0.717, 1.165) is 47.5 Å². The van der Waals surface area contributed by atoms with Crippen molar-refractivity contribution in [3.63, 3.8) is 0 Å². The number of aliphatic hydroxyl groups is 1. The molecule has 0 saturated carbocycles. The second-order valence-corrected chi connectivity index (χ2v) is 7.33. The van der Waals surface area contributed by atoms with Crippen molar-refractivity contribution in [3.8, 4) is 0 Å². The van der Waals surface area contributed by atoms with Crippen LogP contribution < -0.4 is 0 Å². The molecule has 1 N–H and O–H groups in total. The van der Waals surface area contributed by atoms with Crippen LogP contribution in [0.2, 0.25) is 0 Å². The molecule has 34 heavy (non-hydrogen) atoms. The number of alkyl halides is 2. The molecule has 4 aromatic rings. The number of aromatic nitrogens is 5. The molecule has 174 valence electrons. The van der Waals surface area contributed by atoms with Crippen LogP contribution >= 0.6 is 0 Å². The normalized spacial score (nSPS) is 13.5. The Morgan fingerprint density at radius 3 is 2.21 bits per heavy atom. The number of carbonyl (C=O) groups is 1. The molecule has 0 fully saturated rings. The summed E-state index contributed by atoms with van der Waals surface area (Å²) in [5, 5.41) is 21.2. The zero-order chi connectivity index (χ0) is 24.5. The Hall–Kier alpha value is -4.06. The highest BCUT2D eigenvalue weighted by atomic mass is 19.3. The monoisotopic (exact) mass is 475 g/mol. The summed E-state index contributed by atoms with van der Waals surface area (Å²) in [6.45, 7) is -1.01. The third-order valence-electron chi connectivity index (χ3n) is 5.13. The van der Waals surface area contributed by atoms with Gasteiger partial charge in [0, 0.05) is 29.0 Å². The quantitative estimate of drug-likeness (QED) is 0.325. The molecular formula is C22H14F5N5O2. The standard InChI is InChI=1S/C22H14F5N5O2/c23-15-4-1-13(2-5-15)20(33)14-3-8-19(28-10-14)22(26,27)21(34,11-32-12-29-30-31-32)17-7-6-16(24)9-18(17)25/h1-10,12,34H,11H2. The zero-order valence-electron chi connectivity index (χ0n) is 17.0. The number of halogens is 5. The lowest BCUT2D eigenvalue weighted by Crippen LogP contribution is -2.48. The molecule has 2 aromatic carbocycles. The van der Waals surface area contributed by atoms with Crippen molar-refractivity contribution >= 4 is 5.78 Å². The summed E-state index contributed by atoms with van der Waals surface area (Å²) in [5.74, 6) is -7.86. The van der Waals surface area contributed by atoms with Crippen molar-refractivity contribution in [1.29, 1.82) is 0 Å². The van der Waals surface area contributed by atoms with Crippen molar-refractivity contribution < 1.29 is 31.9 Å². The minimum atomic E-state index is -4.25. The van der Waals surface area contributed by atoms with E-state index in [2.05, 4.69) is 20.5 Å². The Morgan fingerprint density at radius 1 is 0.941 bits per heavy atom. The van der Waals surface area contributed by atoms with Gasteiger partial charge in [0.05, 0.1) is 6.54 Å². The van der Waals surface area contributed by atoms with E-state index < -0.39 is 52.6 Å².